The summed E-state index contributed by atoms with van der Waals surface area (Å²) >= 11 is 0. The monoisotopic (exact) mass is 969 g/mol. The molecule has 0 aromatic heterocycles. The van der Waals surface area contributed by atoms with Crippen LogP contribution in [0.15, 0.2) is 36.5 Å². The largest absolute Gasteiger partial charge is 0.462 e. The predicted octanol–water partition coefficient (Wildman–Crippen LogP) is 20.4. The fourth-order valence-corrected chi connectivity index (χ4v) is 9.01. The molecule has 0 bridgehead atoms. The first-order valence-corrected chi connectivity index (χ1v) is 30.5. The van der Waals surface area contributed by atoms with E-state index in [2.05, 4.69) is 57.2 Å². The van der Waals surface area contributed by atoms with Crippen LogP contribution in [-0.4, -0.2) is 37.2 Å². The van der Waals surface area contributed by atoms with Crippen LogP contribution in [0, 0.1) is 0 Å². The lowest BCUT2D eigenvalue weighted by Gasteiger charge is -2.18. The Kier molecular flexibility index (Phi) is 56.2. The Morgan fingerprint density at radius 2 is 0.551 bits per heavy atom. The Morgan fingerprint density at radius 1 is 0.290 bits per heavy atom. The molecule has 1 unspecified atom stereocenters. The Bertz CT molecular complexity index is 1160. The Balaban J connectivity index is 4.26. The van der Waals surface area contributed by atoms with Crippen molar-refractivity contribution in [3.63, 3.8) is 0 Å². The fraction of sp³-hybridized carbons (Fsp3) is 0.857. The highest BCUT2D eigenvalue weighted by Crippen LogP contribution is 2.17. The summed E-state index contributed by atoms with van der Waals surface area (Å²) in [6.07, 6.45) is 70.0. The molecule has 0 fully saturated rings. The third-order valence-corrected chi connectivity index (χ3v) is 13.6. The number of unbranched alkanes of at least 4 members (excludes halogenated alkanes) is 39. The van der Waals surface area contributed by atoms with Gasteiger partial charge in [-0.1, -0.05) is 276 Å². The van der Waals surface area contributed by atoms with Gasteiger partial charge in [-0.05, 0) is 70.6 Å². The van der Waals surface area contributed by atoms with E-state index in [0.717, 1.165) is 83.5 Å². The molecule has 0 radical (unpaired) electrons. The number of esters is 3. The summed E-state index contributed by atoms with van der Waals surface area (Å²) in [6.45, 7) is 6.61. The molecule has 0 aromatic rings. The zero-order valence-electron chi connectivity index (χ0n) is 46.3. The first kappa shape index (κ1) is 66.6. The maximum Gasteiger partial charge on any atom is 0.306 e. The van der Waals surface area contributed by atoms with E-state index < -0.39 is 6.10 Å². The second-order valence-corrected chi connectivity index (χ2v) is 20.6. The Morgan fingerprint density at radius 3 is 0.870 bits per heavy atom. The van der Waals surface area contributed by atoms with Gasteiger partial charge in [-0.3, -0.25) is 14.4 Å². The standard InChI is InChI=1S/C63H116O6/c1-4-7-10-13-16-19-22-25-27-28-29-30-31-32-33-34-36-38-41-44-47-50-53-56-62(65)68-59-60(58-67-61(64)55-52-49-46-43-40-37-24-21-18-15-12-9-6-3)69-63(66)57-54-51-48-45-42-39-35-26-23-20-17-14-11-8-5-2/h12,15,21,24,28-29,60H,4-11,13-14,16-20,22-23,25-27,30-59H2,1-3H3/b15-12-,24-21-,29-28-. The molecule has 0 aliphatic heterocycles. The summed E-state index contributed by atoms with van der Waals surface area (Å²) in [6, 6.07) is 0. The summed E-state index contributed by atoms with van der Waals surface area (Å²) < 4.78 is 16.9. The number of carbonyl (C=O) groups excluding carboxylic acids is 3. The number of carbonyl (C=O) groups is 3. The van der Waals surface area contributed by atoms with Gasteiger partial charge in [-0.25, -0.2) is 0 Å². The van der Waals surface area contributed by atoms with Gasteiger partial charge in [0.25, 0.3) is 0 Å². The van der Waals surface area contributed by atoms with E-state index in [1.165, 1.54) is 205 Å². The molecule has 0 heterocycles. The van der Waals surface area contributed by atoms with Crippen molar-refractivity contribution in [1.29, 1.82) is 0 Å². The number of allylic oxidation sites excluding steroid dienone is 6. The molecule has 6 heteroatoms. The molecule has 0 saturated carbocycles. The predicted molar refractivity (Wildman–Crippen MR) is 298 cm³/mol. The van der Waals surface area contributed by atoms with E-state index in [1.54, 1.807) is 0 Å². The second kappa shape index (κ2) is 58.2. The molecular formula is C63H116O6. The first-order chi connectivity index (χ1) is 34.0. The van der Waals surface area contributed by atoms with Crippen LogP contribution in [0.3, 0.4) is 0 Å². The van der Waals surface area contributed by atoms with E-state index in [9.17, 15) is 14.4 Å². The molecule has 404 valence electrons. The van der Waals surface area contributed by atoms with Crippen molar-refractivity contribution in [2.45, 2.75) is 335 Å². The van der Waals surface area contributed by atoms with Crippen LogP contribution < -0.4 is 0 Å². The van der Waals surface area contributed by atoms with Crippen LogP contribution in [0.1, 0.15) is 329 Å². The average Bonchev–Trinajstić information content (AvgIpc) is 3.35. The summed E-state index contributed by atoms with van der Waals surface area (Å²) in [5.74, 6) is -0.869. The molecule has 0 aromatic carbocycles. The summed E-state index contributed by atoms with van der Waals surface area (Å²) in [4.78, 5) is 38.2. The zero-order valence-corrected chi connectivity index (χ0v) is 46.3. The number of ether oxygens (including phenoxy) is 3. The first-order valence-electron chi connectivity index (χ1n) is 30.5. The van der Waals surface area contributed by atoms with Crippen LogP contribution in [0.25, 0.3) is 0 Å². The third kappa shape index (κ3) is 56.4. The lowest BCUT2D eigenvalue weighted by molar-refractivity contribution is -0.167. The molecular weight excluding hydrogens is 853 g/mol. The van der Waals surface area contributed by atoms with Crippen molar-refractivity contribution in [1.82, 2.24) is 0 Å². The van der Waals surface area contributed by atoms with Gasteiger partial charge in [-0.2, -0.15) is 0 Å². The smallest absolute Gasteiger partial charge is 0.306 e. The summed E-state index contributed by atoms with van der Waals surface area (Å²) in [5, 5.41) is 0. The van der Waals surface area contributed by atoms with E-state index in [-0.39, 0.29) is 31.1 Å². The van der Waals surface area contributed by atoms with Crippen LogP contribution in [0.4, 0.5) is 0 Å². The number of hydrogen-bond acceptors (Lipinski definition) is 6. The van der Waals surface area contributed by atoms with Crippen LogP contribution >= 0.6 is 0 Å². The van der Waals surface area contributed by atoms with Gasteiger partial charge in [0.2, 0.25) is 0 Å². The third-order valence-electron chi connectivity index (χ3n) is 13.6. The Labute approximate surface area is 429 Å². The normalized spacial score (nSPS) is 12.2. The van der Waals surface area contributed by atoms with Crippen molar-refractivity contribution in [3.05, 3.63) is 36.5 Å². The van der Waals surface area contributed by atoms with Gasteiger partial charge >= 0.3 is 17.9 Å². The van der Waals surface area contributed by atoms with E-state index in [4.69, 9.17) is 14.2 Å². The Hall–Kier alpha value is -2.37. The molecule has 6 nitrogen and oxygen atoms in total. The second-order valence-electron chi connectivity index (χ2n) is 20.6. The molecule has 0 amide bonds. The van der Waals surface area contributed by atoms with Gasteiger partial charge in [0, 0.05) is 19.3 Å². The van der Waals surface area contributed by atoms with Crippen LogP contribution in [0.5, 0.6) is 0 Å². The van der Waals surface area contributed by atoms with Crippen molar-refractivity contribution in [3.8, 4) is 0 Å². The van der Waals surface area contributed by atoms with Gasteiger partial charge in [0.15, 0.2) is 6.10 Å². The minimum absolute atomic E-state index is 0.0732. The van der Waals surface area contributed by atoms with Gasteiger partial charge in [0.1, 0.15) is 13.2 Å². The van der Waals surface area contributed by atoms with E-state index >= 15 is 0 Å². The molecule has 0 rings (SSSR count). The van der Waals surface area contributed by atoms with Crippen molar-refractivity contribution >= 4 is 17.9 Å². The summed E-state index contributed by atoms with van der Waals surface area (Å²) in [7, 11) is 0. The van der Waals surface area contributed by atoms with Crippen molar-refractivity contribution in [2.24, 2.45) is 0 Å². The van der Waals surface area contributed by atoms with Gasteiger partial charge < -0.3 is 14.2 Å². The van der Waals surface area contributed by atoms with Gasteiger partial charge in [0.05, 0.1) is 0 Å². The average molecular weight is 970 g/mol. The SMILES string of the molecule is CCC/C=C\C/C=C\CCCCCCCC(=O)OCC(COC(=O)CCCCCCCCCCCCC/C=C\CCCCCCCCCC)OC(=O)CCCCCCCCCCCCCCCCC. The fourth-order valence-electron chi connectivity index (χ4n) is 9.01. The molecule has 0 aliphatic carbocycles. The molecule has 0 aliphatic rings. The summed E-state index contributed by atoms with van der Waals surface area (Å²) in [5.41, 5.74) is 0. The van der Waals surface area contributed by atoms with Gasteiger partial charge in [-0.15, -0.1) is 0 Å². The molecule has 0 spiro atoms. The molecule has 1 atom stereocenters. The quantitative estimate of drug-likeness (QED) is 0.0261. The van der Waals surface area contributed by atoms with E-state index in [0.29, 0.717) is 19.3 Å². The van der Waals surface area contributed by atoms with Crippen molar-refractivity contribution in [2.75, 3.05) is 13.2 Å². The minimum Gasteiger partial charge on any atom is -0.462 e. The molecule has 0 N–H and O–H groups in total. The van der Waals surface area contributed by atoms with Crippen molar-refractivity contribution < 1.29 is 28.6 Å². The zero-order chi connectivity index (χ0) is 50.0. The highest BCUT2D eigenvalue weighted by Gasteiger charge is 2.19. The number of rotatable bonds is 56. The number of hydrogen-bond donors (Lipinski definition) is 0. The van der Waals surface area contributed by atoms with Crippen LogP contribution in [-0.2, 0) is 28.6 Å². The maximum absolute atomic E-state index is 12.9. The topological polar surface area (TPSA) is 78.9 Å². The maximum atomic E-state index is 12.9. The molecule has 0 saturated heterocycles. The minimum atomic E-state index is -0.775. The lowest BCUT2D eigenvalue weighted by Crippen LogP contribution is -2.30. The lowest BCUT2D eigenvalue weighted by atomic mass is 10.0. The highest BCUT2D eigenvalue weighted by atomic mass is 16.6. The molecule has 69 heavy (non-hydrogen) atoms. The van der Waals surface area contributed by atoms with E-state index in [1.807, 2.05) is 0 Å². The van der Waals surface area contributed by atoms with Crippen LogP contribution in [0.2, 0.25) is 0 Å². The highest BCUT2D eigenvalue weighted by molar-refractivity contribution is 5.71.